The van der Waals surface area contributed by atoms with E-state index in [1.165, 1.54) is 23.6 Å². The predicted octanol–water partition coefficient (Wildman–Crippen LogP) is 1.89. The molecule has 0 radical (unpaired) electrons. The molecule has 1 aliphatic heterocycles. The molecule has 0 aromatic carbocycles. The van der Waals surface area contributed by atoms with Gasteiger partial charge in [-0.05, 0) is 36.4 Å². The van der Waals surface area contributed by atoms with Gasteiger partial charge in [-0.15, -0.1) is 11.3 Å². The van der Waals surface area contributed by atoms with Gasteiger partial charge in [-0.3, -0.25) is 9.59 Å². The second-order valence-corrected chi connectivity index (χ2v) is 6.96. The zero-order valence-electron chi connectivity index (χ0n) is 14.4. The molecule has 1 fully saturated rings. The highest BCUT2D eigenvalue weighted by molar-refractivity contribution is 7.14. The third-order valence-electron chi connectivity index (χ3n) is 4.00. The highest BCUT2D eigenvalue weighted by atomic mass is 32.1. The van der Waals surface area contributed by atoms with Crippen LogP contribution in [0.1, 0.15) is 22.5 Å². The Bertz CT molecular complexity index is 850. The SMILES string of the molecule is C=CC(=O)N1CC[C@@H](Nc2cnc(C(N)=O)c(Nc3cc(C)cs3)n2)C1. The first-order chi connectivity index (χ1) is 12.5. The summed E-state index contributed by atoms with van der Waals surface area (Å²) in [5, 5.41) is 9.20. The molecule has 2 amide bonds. The number of anilines is 3. The molecule has 4 N–H and O–H groups in total. The van der Waals surface area contributed by atoms with Crippen molar-refractivity contribution < 1.29 is 9.59 Å². The molecular weight excluding hydrogens is 352 g/mol. The highest BCUT2D eigenvalue weighted by Crippen LogP contribution is 2.25. The lowest BCUT2D eigenvalue weighted by molar-refractivity contribution is -0.125. The van der Waals surface area contributed by atoms with Gasteiger partial charge in [-0.1, -0.05) is 6.58 Å². The van der Waals surface area contributed by atoms with E-state index in [4.69, 9.17) is 5.73 Å². The first-order valence-corrected chi connectivity index (χ1v) is 9.01. The molecular formula is C17H20N6O2S. The Morgan fingerprint density at radius 3 is 2.96 bits per heavy atom. The van der Waals surface area contributed by atoms with Gasteiger partial charge in [0.25, 0.3) is 5.91 Å². The fourth-order valence-electron chi connectivity index (χ4n) is 2.76. The van der Waals surface area contributed by atoms with Gasteiger partial charge in [0.05, 0.1) is 11.2 Å². The number of hydrogen-bond donors (Lipinski definition) is 3. The molecule has 26 heavy (non-hydrogen) atoms. The number of primary amides is 1. The van der Waals surface area contributed by atoms with Crippen LogP contribution in [0.5, 0.6) is 0 Å². The molecule has 0 saturated carbocycles. The van der Waals surface area contributed by atoms with Crippen LogP contribution in [-0.2, 0) is 4.79 Å². The minimum atomic E-state index is -0.650. The number of likely N-dealkylation sites (tertiary alicyclic amines) is 1. The van der Waals surface area contributed by atoms with Gasteiger partial charge in [0, 0.05) is 19.1 Å². The third-order valence-corrected chi connectivity index (χ3v) is 4.97. The Kier molecular flexibility index (Phi) is 5.17. The van der Waals surface area contributed by atoms with Crippen LogP contribution in [0, 0.1) is 6.92 Å². The third kappa shape index (κ3) is 3.99. The summed E-state index contributed by atoms with van der Waals surface area (Å²) in [6.45, 7) is 6.72. The summed E-state index contributed by atoms with van der Waals surface area (Å²) in [7, 11) is 0. The van der Waals surface area contributed by atoms with Crippen molar-refractivity contribution in [3.05, 3.63) is 41.6 Å². The van der Waals surface area contributed by atoms with Crippen LogP contribution in [0.4, 0.5) is 16.6 Å². The van der Waals surface area contributed by atoms with Gasteiger partial charge in [-0.2, -0.15) is 0 Å². The number of aromatic nitrogens is 2. The van der Waals surface area contributed by atoms with Gasteiger partial charge in [0.1, 0.15) is 5.82 Å². The molecule has 1 atom stereocenters. The van der Waals surface area contributed by atoms with Crippen molar-refractivity contribution in [1.82, 2.24) is 14.9 Å². The van der Waals surface area contributed by atoms with Gasteiger partial charge in [0.2, 0.25) is 5.91 Å². The first-order valence-electron chi connectivity index (χ1n) is 8.13. The minimum Gasteiger partial charge on any atom is -0.364 e. The van der Waals surface area contributed by atoms with Gasteiger partial charge >= 0.3 is 0 Å². The van der Waals surface area contributed by atoms with Crippen LogP contribution in [0.15, 0.2) is 30.3 Å². The van der Waals surface area contributed by atoms with Crippen molar-refractivity contribution >= 4 is 39.8 Å². The number of carbonyl (C=O) groups is 2. The topological polar surface area (TPSA) is 113 Å². The van der Waals surface area contributed by atoms with Crippen molar-refractivity contribution in [2.75, 3.05) is 23.7 Å². The van der Waals surface area contributed by atoms with Crippen molar-refractivity contribution in [1.29, 1.82) is 0 Å². The molecule has 0 unspecified atom stereocenters. The number of nitrogens with one attached hydrogen (secondary N) is 2. The Hall–Kier alpha value is -2.94. The van der Waals surface area contributed by atoms with E-state index in [9.17, 15) is 9.59 Å². The van der Waals surface area contributed by atoms with Crippen LogP contribution < -0.4 is 16.4 Å². The largest absolute Gasteiger partial charge is 0.364 e. The van der Waals surface area contributed by atoms with Crippen LogP contribution in [0.25, 0.3) is 0 Å². The summed E-state index contributed by atoms with van der Waals surface area (Å²) in [6, 6.07) is 2.01. The molecule has 0 bridgehead atoms. The molecule has 0 spiro atoms. The molecule has 3 rings (SSSR count). The zero-order valence-corrected chi connectivity index (χ0v) is 15.2. The van der Waals surface area contributed by atoms with E-state index in [2.05, 4.69) is 27.2 Å². The normalized spacial score (nSPS) is 16.3. The van der Waals surface area contributed by atoms with E-state index in [1.807, 2.05) is 18.4 Å². The Morgan fingerprint density at radius 1 is 1.50 bits per heavy atom. The lowest BCUT2D eigenvalue weighted by Gasteiger charge is -2.16. The monoisotopic (exact) mass is 372 g/mol. The van der Waals surface area contributed by atoms with E-state index >= 15 is 0 Å². The maximum atomic E-state index is 11.7. The van der Waals surface area contributed by atoms with E-state index in [1.54, 1.807) is 4.90 Å². The number of carbonyl (C=O) groups excluding carboxylic acids is 2. The summed E-state index contributed by atoms with van der Waals surface area (Å²) in [4.78, 5) is 33.6. The van der Waals surface area contributed by atoms with Crippen LogP contribution in [0.3, 0.4) is 0 Å². The second kappa shape index (κ2) is 7.52. The van der Waals surface area contributed by atoms with Crippen LogP contribution >= 0.6 is 11.3 Å². The summed E-state index contributed by atoms with van der Waals surface area (Å²) in [5.41, 5.74) is 6.59. The average Bonchev–Trinajstić information content (AvgIpc) is 3.23. The lowest BCUT2D eigenvalue weighted by atomic mass is 10.2. The van der Waals surface area contributed by atoms with Crippen molar-refractivity contribution in [3.8, 4) is 0 Å². The fourth-order valence-corrected chi connectivity index (χ4v) is 3.55. The molecule has 1 saturated heterocycles. The summed E-state index contributed by atoms with van der Waals surface area (Å²) >= 11 is 1.50. The van der Waals surface area contributed by atoms with Crippen molar-refractivity contribution in [2.45, 2.75) is 19.4 Å². The number of nitrogens with two attached hydrogens (primary N) is 1. The first kappa shape index (κ1) is 17.9. The molecule has 2 aromatic rings. The fraction of sp³-hybridized carbons (Fsp3) is 0.294. The minimum absolute atomic E-state index is 0.0597. The molecule has 3 heterocycles. The molecule has 2 aromatic heterocycles. The van der Waals surface area contributed by atoms with Crippen LogP contribution in [0.2, 0.25) is 0 Å². The van der Waals surface area contributed by atoms with E-state index < -0.39 is 5.91 Å². The van der Waals surface area contributed by atoms with Crippen molar-refractivity contribution in [2.24, 2.45) is 5.73 Å². The molecule has 0 aliphatic carbocycles. The number of hydrogen-bond acceptors (Lipinski definition) is 7. The van der Waals surface area contributed by atoms with E-state index in [0.717, 1.165) is 17.0 Å². The van der Waals surface area contributed by atoms with Gasteiger partial charge < -0.3 is 21.3 Å². The lowest BCUT2D eigenvalue weighted by Crippen LogP contribution is -2.30. The molecule has 1 aliphatic rings. The van der Waals surface area contributed by atoms with Gasteiger partial charge in [-0.25, -0.2) is 9.97 Å². The zero-order chi connectivity index (χ0) is 18.7. The van der Waals surface area contributed by atoms with Crippen molar-refractivity contribution in [3.63, 3.8) is 0 Å². The highest BCUT2D eigenvalue weighted by Gasteiger charge is 2.25. The maximum Gasteiger partial charge on any atom is 0.271 e. The maximum absolute atomic E-state index is 11.7. The standard InChI is InChI=1S/C17H20N6O2S/c1-3-14(24)23-5-4-11(8-23)20-12-7-19-15(16(18)25)17(21-12)22-13-6-10(2)9-26-13/h3,6-7,9,11H,1,4-5,8H2,2H3,(H2,18,25)(H2,20,21,22)/t11-/m1/s1. The quantitative estimate of drug-likeness (QED) is 0.667. The number of aryl methyl sites for hydroxylation is 1. The molecule has 136 valence electrons. The van der Waals surface area contributed by atoms with E-state index in [0.29, 0.717) is 24.7 Å². The second-order valence-electron chi connectivity index (χ2n) is 6.05. The average molecular weight is 372 g/mol. The Balaban J connectivity index is 1.76. The Morgan fingerprint density at radius 2 is 2.31 bits per heavy atom. The Labute approximate surface area is 155 Å². The number of thiophene rings is 1. The number of amides is 2. The summed E-state index contributed by atoms with van der Waals surface area (Å²) in [6.07, 6.45) is 3.59. The smallest absolute Gasteiger partial charge is 0.271 e. The van der Waals surface area contributed by atoms with E-state index in [-0.39, 0.29) is 17.6 Å². The predicted molar refractivity (Wildman–Crippen MR) is 102 cm³/mol. The number of nitrogens with zero attached hydrogens (tertiary/aromatic N) is 3. The summed E-state index contributed by atoms with van der Waals surface area (Å²) < 4.78 is 0. The van der Waals surface area contributed by atoms with Crippen LogP contribution in [-0.4, -0.2) is 45.8 Å². The summed E-state index contributed by atoms with van der Waals surface area (Å²) in [5.74, 6) is 0.0911. The van der Waals surface area contributed by atoms with Gasteiger partial charge in [0.15, 0.2) is 11.5 Å². The number of rotatable bonds is 6. The molecule has 9 heteroatoms. The molecule has 8 nitrogen and oxygen atoms in total.